The summed E-state index contributed by atoms with van der Waals surface area (Å²) in [5.41, 5.74) is 8.49. The average Bonchev–Trinajstić information content (AvgIpc) is 3.54. The molecule has 2 N–H and O–H groups in total. The number of ether oxygens (including phenoxy) is 1. The highest BCUT2D eigenvalue weighted by atomic mass is 16.5. The number of aromatic nitrogens is 4. The lowest BCUT2D eigenvalue weighted by Gasteiger charge is -2.31. The fourth-order valence-electron chi connectivity index (χ4n) is 4.14. The number of likely N-dealkylation sites (tertiary alicyclic amines) is 1. The molecule has 1 amide bonds. The molecular weight excluding hydrogens is 436 g/mol. The van der Waals surface area contributed by atoms with Crippen LogP contribution in [0.4, 0.5) is 5.82 Å². The monoisotopic (exact) mass is 460 g/mol. The van der Waals surface area contributed by atoms with Gasteiger partial charge in [0.15, 0.2) is 17.2 Å². The van der Waals surface area contributed by atoms with Gasteiger partial charge >= 0.3 is 5.97 Å². The Morgan fingerprint density at radius 3 is 2.76 bits per heavy atom. The molecule has 5 rings (SSSR count). The Labute approximate surface area is 195 Å². The van der Waals surface area contributed by atoms with Gasteiger partial charge in [-0.25, -0.2) is 14.5 Å². The SMILES string of the molecule is CCOC(=O)C1CCCN(C(=O)c2ccc(-c3cn4nc(-c5ccco5)nc4c(N)n3)cc2)C1. The third-order valence-electron chi connectivity index (χ3n) is 5.84. The number of rotatable bonds is 5. The Balaban J connectivity index is 1.35. The summed E-state index contributed by atoms with van der Waals surface area (Å²) in [7, 11) is 0. The summed E-state index contributed by atoms with van der Waals surface area (Å²) in [6, 6.07) is 10.7. The molecule has 1 aliphatic rings. The molecule has 0 radical (unpaired) electrons. The van der Waals surface area contributed by atoms with Crippen LogP contribution in [0.5, 0.6) is 0 Å². The van der Waals surface area contributed by atoms with Gasteiger partial charge in [-0.2, -0.15) is 0 Å². The van der Waals surface area contributed by atoms with Crippen LogP contribution in [-0.4, -0.2) is 56.1 Å². The van der Waals surface area contributed by atoms with Crippen LogP contribution in [0.1, 0.15) is 30.1 Å². The first kappa shape index (κ1) is 21.6. The Bertz CT molecular complexity index is 1330. The van der Waals surface area contributed by atoms with Crippen molar-refractivity contribution < 1.29 is 18.7 Å². The van der Waals surface area contributed by atoms with Crippen molar-refractivity contribution >= 4 is 23.3 Å². The molecule has 1 fully saturated rings. The van der Waals surface area contributed by atoms with E-state index in [1.807, 2.05) is 12.1 Å². The van der Waals surface area contributed by atoms with E-state index in [9.17, 15) is 9.59 Å². The molecule has 1 aromatic carbocycles. The lowest BCUT2D eigenvalue weighted by Crippen LogP contribution is -2.42. The number of nitrogen functional groups attached to an aromatic ring is 1. The molecule has 174 valence electrons. The maximum Gasteiger partial charge on any atom is 0.310 e. The first-order chi connectivity index (χ1) is 16.5. The Kier molecular flexibility index (Phi) is 5.70. The van der Waals surface area contributed by atoms with Gasteiger partial charge in [-0.3, -0.25) is 9.59 Å². The number of amides is 1. The van der Waals surface area contributed by atoms with Crippen molar-refractivity contribution in [1.82, 2.24) is 24.5 Å². The van der Waals surface area contributed by atoms with E-state index in [1.54, 1.807) is 53.1 Å². The van der Waals surface area contributed by atoms with Crippen LogP contribution in [0.25, 0.3) is 28.5 Å². The van der Waals surface area contributed by atoms with Crippen molar-refractivity contribution in [2.45, 2.75) is 19.8 Å². The molecule has 1 atom stereocenters. The molecule has 10 nitrogen and oxygen atoms in total. The zero-order chi connectivity index (χ0) is 23.7. The number of furan rings is 1. The van der Waals surface area contributed by atoms with Crippen molar-refractivity contribution in [3.8, 4) is 22.8 Å². The molecule has 34 heavy (non-hydrogen) atoms. The largest absolute Gasteiger partial charge is 0.466 e. The van der Waals surface area contributed by atoms with Gasteiger partial charge in [-0.1, -0.05) is 12.1 Å². The van der Waals surface area contributed by atoms with E-state index in [1.165, 1.54) is 0 Å². The van der Waals surface area contributed by atoms with Crippen molar-refractivity contribution in [2.75, 3.05) is 25.4 Å². The van der Waals surface area contributed by atoms with Crippen molar-refractivity contribution in [3.05, 3.63) is 54.4 Å². The molecule has 0 aliphatic carbocycles. The van der Waals surface area contributed by atoms with Gasteiger partial charge in [0.25, 0.3) is 5.91 Å². The lowest BCUT2D eigenvalue weighted by molar-refractivity contribution is -0.149. The topological polar surface area (TPSA) is 129 Å². The number of carbonyl (C=O) groups excluding carboxylic acids is 2. The number of fused-ring (bicyclic) bond motifs is 1. The molecule has 0 saturated carbocycles. The van der Waals surface area contributed by atoms with Gasteiger partial charge < -0.3 is 19.8 Å². The number of esters is 1. The second-order valence-corrected chi connectivity index (χ2v) is 8.11. The number of nitrogens with two attached hydrogens (primary N) is 1. The van der Waals surface area contributed by atoms with Crippen LogP contribution in [0.3, 0.4) is 0 Å². The van der Waals surface area contributed by atoms with Gasteiger partial charge in [0.05, 0.1) is 30.7 Å². The highest BCUT2D eigenvalue weighted by molar-refractivity contribution is 5.95. The van der Waals surface area contributed by atoms with Crippen LogP contribution in [0.2, 0.25) is 0 Å². The second-order valence-electron chi connectivity index (χ2n) is 8.11. The maximum absolute atomic E-state index is 13.0. The number of hydrogen-bond acceptors (Lipinski definition) is 8. The predicted octanol–water partition coefficient (Wildman–Crippen LogP) is 3.05. The molecule has 0 spiro atoms. The zero-order valence-electron chi connectivity index (χ0n) is 18.7. The quantitative estimate of drug-likeness (QED) is 0.450. The molecule has 3 aromatic heterocycles. The molecular formula is C24H24N6O4. The van der Waals surface area contributed by atoms with Crippen LogP contribution < -0.4 is 5.73 Å². The zero-order valence-corrected chi connectivity index (χ0v) is 18.7. The molecule has 1 saturated heterocycles. The minimum absolute atomic E-state index is 0.108. The molecule has 0 bridgehead atoms. The van der Waals surface area contributed by atoms with Crippen LogP contribution >= 0.6 is 0 Å². The van der Waals surface area contributed by atoms with E-state index in [4.69, 9.17) is 14.9 Å². The summed E-state index contributed by atoms with van der Waals surface area (Å²) < 4.78 is 12.1. The number of benzene rings is 1. The summed E-state index contributed by atoms with van der Waals surface area (Å²) in [5, 5.41) is 4.44. The minimum atomic E-state index is -0.274. The number of nitrogens with zero attached hydrogens (tertiary/aromatic N) is 5. The van der Waals surface area contributed by atoms with Gasteiger partial charge in [0.2, 0.25) is 5.82 Å². The third kappa shape index (κ3) is 4.09. The van der Waals surface area contributed by atoms with E-state index < -0.39 is 0 Å². The van der Waals surface area contributed by atoms with Crippen LogP contribution in [0.15, 0.2) is 53.3 Å². The Morgan fingerprint density at radius 1 is 1.21 bits per heavy atom. The van der Waals surface area contributed by atoms with Gasteiger partial charge in [0, 0.05) is 24.2 Å². The van der Waals surface area contributed by atoms with Crippen molar-refractivity contribution in [3.63, 3.8) is 0 Å². The van der Waals surface area contributed by atoms with E-state index in [-0.39, 0.29) is 23.6 Å². The average molecular weight is 460 g/mol. The molecule has 1 unspecified atom stereocenters. The molecule has 4 heterocycles. The molecule has 1 aliphatic heterocycles. The number of hydrogen-bond donors (Lipinski definition) is 1. The summed E-state index contributed by atoms with van der Waals surface area (Å²) in [6.45, 7) is 3.12. The van der Waals surface area contributed by atoms with Gasteiger partial charge in [-0.05, 0) is 44.0 Å². The molecule has 10 heteroatoms. The number of anilines is 1. The highest BCUT2D eigenvalue weighted by Crippen LogP contribution is 2.25. The Hall–Kier alpha value is -4.21. The molecule has 4 aromatic rings. The number of carbonyl (C=O) groups is 2. The van der Waals surface area contributed by atoms with E-state index in [0.29, 0.717) is 48.2 Å². The predicted molar refractivity (Wildman–Crippen MR) is 124 cm³/mol. The summed E-state index contributed by atoms with van der Waals surface area (Å²) in [5.74, 6) is 0.570. The van der Waals surface area contributed by atoms with Crippen LogP contribution in [0, 0.1) is 5.92 Å². The summed E-state index contributed by atoms with van der Waals surface area (Å²) in [4.78, 5) is 35.7. The fourth-order valence-corrected chi connectivity index (χ4v) is 4.14. The minimum Gasteiger partial charge on any atom is -0.466 e. The first-order valence-electron chi connectivity index (χ1n) is 11.2. The summed E-state index contributed by atoms with van der Waals surface area (Å²) >= 11 is 0. The summed E-state index contributed by atoms with van der Waals surface area (Å²) in [6.07, 6.45) is 4.80. The maximum atomic E-state index is 13.0. The third-order valence-corrected chi connectivity index (χ3v) is 5.84. The van der Waals surface area contributed by atoms with E-state index >= 15 is 0 Å². The van der Waals surface area contributed by atoms with Crippen LogP contribution in [-0.2, 0) is 9.53 Å². The fraction of sp³-hybridized carbons (Fsp3) is 0.292. The first-order valence-corrected chi connectivity index (χ1v) is 11.2. The highest BCUT2D eigenvalue weighted by Gasteiger charge is 2.29. The lowest BCUT2D eigenvalue weighted by atomic mass is 9.97. The second kappa shape index (κ2) is 8.97. The normalized spacial score (nSPS) is 16.0. The van der Waals surface area contributed by atoms with Gasteiger partial charge in [0.1, 0.15) is 0 Å². The van der Waals surface area contributed by atoms with Crippen molar-refractivity contribution in [2.24, 2.45) is 5.92 Å². The van der Waals surface area contributed by atoms with E-state index in [0.717, 1.165) is 18.4 Å². The van der Waals surface area contributed by atoms with Gasteiger partial charge in [-0.15, -0.1) is 5.10 Å². The standard InChI is InChI=1S/C24H24N6O4/c1-2-33-24(32)17-5-3-11-29(13-17)23(31)16-9-7-15(8-10-16)18-14-30-22(20(25)26-18)27-21(28-30)19-6-4-12-34-19/h4,6-10,12,14,17H,2-3,5,11,13H2,1H3,(H2,25,26). The number of piperidine rings is 1. The smallest absolute Gasteiger partial charge is 0.310 e. The van der Waals surface area contributed by atoms with E-state index in [2.05, 4.69) is 15.1 Å². The Morgan fingerprint density at radius 2 is 2.03 bits per heavy atom. The van der Waals surface area contributed by atoms with Crippen molar-refractivity contribution in [1.29, 1.82) is 0 Å².